The minimum atomic E-state index is -0.850. The van der Waals surface area contributed by atoms with Gasteiger partial charge in [-0.25, -0.2) is 8.78 Å². The largest absolute Gasteiger partial charge is 0.477 e. The van der Waals surface area contributed by atoms with E-state index in [0.717, 1.165) is 19.4 Å². The first kappa shape index (κ1) is 21.0. The summed E-state index contributed by atoms with van der Waals surface area (Å²) in [4.78, 5) is 10.8. The van der Waals surface area contributed by atoms with Crippen LogP contribution in [0.3, 0.4) is 0 Å². The van der Waals surface area contributed by atoms with Crippen molar-refractivity contribution in [3.8, 4) is 11.9 Å². The third kappa shape index (κ3) is 4.03. The first-order valence-electron chi connectivity index (χ1n) is 9.79. The van der Waals surface area contributed by atoms with Crippen LogP contribution in [0, 0.1) is 11.7 Å². The number of halogens is 4. The number of hydrogen-bond donors (Lipinski definition) is 0. The number of rotatable bonds is 6. The van der Waals surface area contributed by atoms with Gasteiger partial charge in [0.25, 0.3) is 0 Å². The van der Waals surface area contributed by atoms with Gasteiger partial charge in [0.1, 0.15) is 18.3 Å². The van der Waals surface area contributed by atoms with E-state index in [-0.39, 0.29) is 45.0 Å². The van der Waals surface area contributed by atoms with E-state index in [1.807, 2.05) is 13.8 Å². The highest BCUT2D eigenvalue weighted by atomic mass is 79.9. The summed E-state index contributed by atoms with van der Waals surface area (Å²) in [6.07, 6.45) is 1.47. The molecule has 2 aliphatic heterocycles. The molecular weight excluding hydrogens is 468 g/mol. The molecule has 2 saturated heterocycles. The molecule has 2 fully saturated rings. The van der Waals surface area contributed by atoms with Gasteiger partial charge in [-0.05, 0) is 47.3 Å². The van der Waals surface area contributed by atoms with E-state index < -0.39 is 12.0 Å². The van der Waals surface area contributed by atoms with Crippen molar-refractivity contribution in [1.82, 2.24) is 14.9 Å². The van der Waals surface area contributed by atoms with E-state index in [1.54, 1.807) is 6.07 Å². The second-order valence-corrected chi connectivity index (χ2v) is 9.46. The van der Waals surface area contributed by atoms with Crippen LogP contribution >= 0.6 is 27.5 Å². The Morgan fingerprint density at radius 1 is 1.38 bits per heavy atom. The van der Waals surface area contributed by atoms with E-state index in [9.17, 15) is 8.78 Å². The molecule has 9 heteroatoms. The van der Waals surface area contributed by atoms with Gasteiger partial charge in [0.15, 0.2) is 5.82 Å². The van der Waals surface area contributed by atoms with Gasteiger partial charge >= 0.3 is 6.01 Å². The highest BCUT2D eigenvalue weighted by Gasteiger charge is 2.49. The average molecular weight is 491 g/mol. The fraction of sp³-hybridized carbons (Fsp3) is 0.600. The highest BCUT2D eigenvalue weighted by Crippen LogP contribution is 2.41. The van der Waals surface area contributed by atoms with Crippen LogP contribution in [0.15, 0.2) is 10.5 Å². The molecule has 1 aromatic carbocycles. The quantitative estimate of drug-likeness (QED) is 0.523. The van der Waals surface area contributed by atoms with Crippen molar-refractivity contribution in [3.63, 3.8) is 0 Å². The summed E-state index contributed by atoms with van der Waals surface area (Å²) in [7, 11) is 0. The van der Waals surface area contributed by atoms with Crippen molar-refractivity contribution >= 4 is 38.4 Å². The summed E-state index contributed by atoms with van der Waals surface area (Å²) in [5.74, 6) is -0.117. The molecule has 0 N–H and O–H groups in total. The normalized spacial score (nSPS) is 24.4. The van der Waals surface area contributed by atoms with Crippen LogP contribution in [0.4, 0.5) is 8.78 Å². The lowest BCUT2D eigenvalue weighted by Crippen LogP contribution is -2.43. The maximum Gasteiger partial charge on any atom is 0.320 e. The lowest BCUT2D eigenvalue weighted by molar-refractivity contribution is 0.106. The van der Waals surface area contributed by atoms with Crippen LogP contribution in [0.25, 0.3) is 10.9 Å². The van der Waals surface area contributed by atoms with Crippen molar-refractivity contribution in [2.24, 2.45) is 5.92 Å². The van der Waals surface area contributed by atoms with Gasteiger partial charge in [-0.1, -0.05) is 25.4 Å². The molecule has 2 atom stereocenters. The molecule has 158 valence electrons. The minimum absolute atomic E-state index is 0.0212. The SMILES string of the molecule is CC(C)COc1nc(OC[C@@]23CCCN2C[C@H](F)C3)nc2c(F)c(Br)c(Cl)cc12. The highest BCUT2D eigenvalue weighted by molar-refractivity contribution is 9.10. The molecule has 0 unspecified atom stereocenters. The monoisotopic (exact) mass is 489 g/mol. The first-order chi connectivity index (χ1) is 13.8. The number of aromatic nitrogens is 2. The molecule has 5 nitrogen and oxygen atoms in total. The third-order valence-corrected chi connectivity index (χ3v) is 6.86. The predicted molar refractivity (Wildman–Crippen MR) is 111 cm³/mol. The summed E-state index contributed by atoms with van der Waals surface area (Å²) in [6.45, 7) is 5.98. The number of alkyl halides is 1. The Balaban J connectivity index is 1.67. The Morgan fingerprint density at radius 3 is 2.93 bits per heavy atom. The molecule has 0 amide bonds. The second-order valence-electron chi connectivity index (χ2n) is 8.26. The smallest absolute Gasteiger partial charge is 0.320 e. The summed E-state index contributed by atoms with van der Waals surface area (Å²) < 4.78 is 40.6. The average Bonchev–Trinajstić information content (AvgIpc) is 3.19. The molecule has 4 rings (SSSR count). The Morgan fingerprint density at radius 2 is 2.17 bits per heavy atom. The van der Waals surface area contributed by atoms with Gasteiger partial charge in [-0.15, -0.1) is 0 Å². The fourth-order valence-electron chi connectivity index (χ4n) is 4.19. The van der Waals surface area contributed by atoms with Crippen LogP contribution in [-0.2, 0) is 0 Å². The molecule has 1 aromatic heterocycles. The van der Waals surface area contributed by atoms with Crippen LogP contribution in [0.5, 0.6) is 11.9 Å². The molecule has 0 radical (unpaired) electrons. The van der Waals surface area contributed by atoms with Gasteiger partial charge in [0.2, 0.25) is 5.88 Å². The third-order valence-electron chi connectivity index (χ3n) is 5.56. The standard InChI is InChI=1S/C20H23BrClF2N3O2/c1-11(2)9-28-18-13-6-14(22)15(21)16(24)17(13)25-19(26-18)29-10-20-4-3-5-27(20)8-12(23)7-20/h6,11-12H,3-5,7-10H2,1-2H3/t12-,20+/m1/s1. The number of nitrogens with zero attached hydrogens (tertiary/aromatic N) is 3. The lowest BCUT2D eigenvalue weighted by atomic mass is 9.95. The minimum Gasteiger partial charge on any atom is -0.477 e. The zero-order chi connectivity index (χ0) is 20.8. The Labute approximate surface area is 181 Å². The van der Waals surface area contributed by atoms with Crippen molar-refractivity contribution < 1.29 is 18.3 Å². The molecule has 0 bridgehead atoms. The number of ether oxygens (including phenoxy) is 2. The van der Waals surface area contributed by atoms with Crippen LogP contribution in [0.1, 0.15) is 33.1 Å². The van der Waals surface area contributed by atoms with Gasteiger partial charge in [-0.3, -0.25) is 4.90 Å². The maximum absolute atomic E-state index is 14.8. The summed E-state index contributed by atoms with van der Waals surface area (Å²) in [6, 6.07) is 1.60. The van der Waals surface area contributed by atoms with Crippen molar-refractivity contribution in [2.75, 3.05) is 26.3 Å². The van der Waals surface area contributed by atoms with E-state index >= 15 is 0 Å². The van der Waals surface area contributed by atoms with Gasteiger partial charge in [0, 0.05) is 13.0 Å². The van der Waals surface area contributed by atoms with Crippen LogP contribution < -0.4 is 9.47 Å². The molecule has 0 aliphatic carbocycles. The fourth-order valence-corrected chi connectivity index (χ4v) is 4.69. The molecular formula is C20H23BrClF2N3O2. The van der Waals surface area contributed by atoms with Gasteiger partial charge in [-0.2, -0.15) is 9.97 Å². The first-order valence-corrected chi connectivity index (χ1v) is 11.0. The van der Waals surface area contributed by atoms with Crippen molar-refractivity contribution in [3.05, 3.63) is 21.4 Å². The molecule has 2 aliphatic rings. The summed E-state index contributed by atoms with van der Waals surface area (Å²) in [5, 5.41) is 0.594. The maximum atomic E-state index is 14.8. The van der Waals surface area contributed by atoms with E-state index in [0.29, 0.717) is 25.0 Å². The zero-order valence-corrected chi connectivity index (χ0v) is 18.7. The van der Waals surface area contributed by atoms with Crippen LogP contribution in [0.2, 0.25) is 5.02 Å². The molecule has 2 aromatic rings. The molecule has 29 heavy (non-hydrogen) atoms. The van der Waals surface area contributed by atoms with Crippen molar-refractivity contribution in [2.45, 2.75) is 44.8 Å². The number of hydrogen-bond acceptors (Lipinski definition) is 5. The van der Waals surface area contributed by atoms with Crippen molar-refractivity contribution in [1.29, 1.82) is 0 Å². The van der Waals surface area contributed by atoms with Crippen LogP contribution in [-0.4, -0.2) is 52.9 Å². The topological polar surface area (TPSA) is 47.5 Å². The Kier molecular flexibility index (Phi) is 5.88. The molecule has 3 heterocycles. The van der Waals surface area contributed by atoms with Gasteiger partial charge in [0.05, 0.1) is 27.0 Å². The van der Waals surface area contributed by atoms with E-state index in [1.165, 1.54) is 0 Å². The number of fused-ring (bicyclic) bond motifs is 2. The molecule has 0 spiro atoms. The van der Waals surface area contributed by atoms with E-state index in [4.69, 9.17) is 21.1 Å². The number of benzene rings is 1. The van der Waals surface area contributed by atoms with E-state index in [2.05, 4.69) is 30.8 Å². The second kappa shape index (κ2) is 8.12. The molecule has 0 saturated carbocycles. The zero-order valence-electron chi connectivity index (χ0n) is 16.4. The Bertz CT molecular complexity index is 932. The lowest BCUT2D eigenvalue weighted by Gasteiger charge is -2.30. The summed E-state index contributed by atoms with van der Waals surface area (Å²) in [5.41, 5.74) is -0.267. The van der Waals surface area contributed by atoms with Gasteiger partial charge < -0.3 is 9.47 Å². The Hall–Kier alpha value is -1.25. The predicted octanol–water partition coefficient (Wildman–Crippen LogP) is 5.17. The summed E-state index contributed by atoms with van der Waals surface area (Å²) >= 11 is 9.27.